The number of halogens is 3. The minimum atomic E-state index is -4.46. The van der Waals surface area contributed by atoms with Crippen LogP contribution in [0.2, 0.25) is 0 Å². The van der Waals surface area contributed by atoms with Gasteiger partial charge in [-0.25, -0.2) is 9.97 Å². The highest BCUT2D eigenvalue weighted by Gasteiger charge is 2.35. The molecule has 2 aliphatic heterocycles. The van der Waals surface area contributed by atoms with Crippen LogP contribution in [0.1, 0.15) is 51.1 Å². The Labute approximate surface area is 151 Å². The molecule has 0 N–H and O–H groups in total. The molecule has 0 bridgehead atoms. The number of hydrogen-bond donors (Lipinski definition) is 0. The second-order valence-electron chi connectivity index (χ2n) is 7.19. The van der Waals surface area contributed by atoms with Crippen molar-refractivity contribution in [3.8, 4) is 0 Å². The van der Waals surface area contributed by atoms with Crippen LogP contribution in [-0.2, 0) is 11.0 Å². The lowest BCUT2D eigenvalue weighted by Gasteiger charge is -2.40. The van der Waals surface area contributed by atoms with E-state index in [4.69, 9.17) is 0 Å². The second-order valence-corrected chi connectivity index (χ2v) is 7.19. The summed E-state index contributed by atoms with van der Waals surface area (Å²) in [5.41, 5.74) is -0.906. The van der Waals surface area contributed by atoms with Crippen molar-refractivity contribution in [2.45, 2.75) is 57.7 Å². The Balaban J connectivity index is 1.66. The van der Waals surface area contributed by atoms with Gasteiger partial charge < -0.3 is 9.80 Å². The predicted octanol–water partition coefficient (Wildman–Crippen LogP) is 3.50. The maximum absolute atomic E-state index is 12.9. The number of carbonyl (C=O) groups is 1. The SMILES string of the molecule is CC(=O)N1CCCCCC1C1CCN(c2nccc(C(F)(F)F)n2)CC1. The van der Waals surface area contributed by atoms with Crippen LogP contribution in [0.4, 0.5) is 19.1 Å². The molecular weight excluding hydrogens is 345 g/mol. The molecule has 1 aromatic heterocycles. The first-order valence-corrected chi connectivity index (χ1v) is 9.28. The van der Waals surface area contributed by atoms with E-state index < -0.39 is 11.9 Å². The minimum Gasteiger partial charge on any atom is -0.341 e. The Morgan fingerprint density at radius 1 is 1.12 bits per heavy atom. The molecule has 0 aliphatic carbocycles. The molecule has 0 spiro atoms. The lowest BCUT2D eigenvalue weighted by Crippen LogP contribution is -2.47. The first-order valence-electron chi connectivity index (χ1n) is 9.28. The Hall–Kier alpha value is -1.86. The van der Waals surface area contributed by atoms with E-state index in [1.807, 2.05) is 9.80 Å². The van der Waals surface area contributed by atoms with Crippen molar-refractivity contribution in [2.75, 3.05) is 24.5 Å². The van der Waals surface area contributed by atoms with E-state index in [0.717, 1.165) is 51.1 Å². The lowest BCUT2D eigenvalue weighted by atomic mass is 9.86. The number of anilines is 1. The van der Waals surface area contributed by atoms with E-state index in [1.54, 1.807) is 6.92 Å². The fourth-order valence-corrected chi connectivity index (χ4v) is 4.16. The molecule has 1 atom stereocenters. The number of aromatic nitrogens is 2. The number of nitrogens with zero attached hydrogens (tertiary/aromatic N) is 4. The van der Waals surface area contributed by atoms with Crippen LogP contribution in [0.3, 0.4) is 0 Å². The smallest absolute Gasteiger partial charge is 0.341 e. The summed E-state index contributed by atoms with van der Waals surface area (Å²) in [7, 11) is 0. The molecule has 3 heterocycles. The second kappa shape index (κ2) is 7.80. The van der Waals surface area contributed by atoms with Crippen LogP contribution in [-0.4, -0.2) is 46.5 Å². The van der Waals surface area contributed by atoms with Gasteiger partial charge in [0.05, 0.1) is 0 Å². The van der Waals surface area contributed by atoms with E-state index in [-0.39, 0.29) is 17.9 Å². The molecule has 8 heteroatoms. The van der Waals surface area contributed by atoms with Crippen LogP contribution in [0.5, 0.6) is 0 Å². The average molecular weight is 370 g/mol. The standard InChI is InChI=1S/C18H25F3N4O/c1-13(26)25-10-4-2-3-5-15(25)14-7-11-24(12-8-14)17-22-9-6-16(23-17)18(19,20)21/h6,9,14-15H,2-5,7-8,10-12H2,1H3. The normalized spacial score (nSPS) is 23.0. The van der Waals surface area contributed by atoms with E-state index in [0.29, 0.717) is 19.0 Å². The largest absolute Gasteiger partial charge is 0.433 e. The average Bonchev–Trinajstić information content (AvgIpc) is 2.87. The zero-order valence-electron chi connectivity index (χ0n) is 15.0. The van der Waals surface area contributed by atoms with Crippen molar-refractivity contribution in [1.29, 1.82) is 0 Å². The monoisotopic (exact) mass is 370 g/mol. The molecule has 5 nitrogen and oxygen atoms in total. The Bertz CT molecular complexity index is 629. The van der Waals surface area contributed by atoms with Crippen LogP contribution in [0, 0.1) is 5.92 Å². The Morgan fingerprint density at radius 2 is 1.85 bits per heavy atom. The number of rotatable bonds is 2. The summed E-state index contributed by atoms with van der Waals surface area (Å²) in [6.45, 7) is 3.68. The number of carbonyl (C=O) groups excluding carboxylic acids is 1. The summed E-state index contributed by atoms with van der Waals surface area (Å²) in [6.07, 6.45) is 2.74. The van der Waals surface area contributed by atoms with E-state index in [1.165, 1.54) is 6.20 Å². The molecule has 0 radical (unpaired) electrons. The molecule has 2 aliphatic rings. The highest BCUT2D eigenvalue weighted by molar-refractivity contribution is 5.73. The first-order chi connectivity index (χ1) is 12.4. The summed E-state index contributed by atoms with van der Waals surface area (Å²) in [4.78, 5) is 23.6. The van der Waals surface area contributed by atoms with Crippen molar-refractivity contribution in [2.24, 2.45) is 5.92 Å². The highest BCUT2D eigenvalue weighted by Crippen LogP contribution is 2.32. The molecule has 0 aromatic carbocycles. The maximum Gasteiger partial charge on any atom is 0.433 e. The molecule has 1 aromatic rings. The van der Waals surface area contributed by atoms with Crippen LogP contribution in [0.25, 0.3) is 0 Å². The van der Waals surface area contributed by atoms with Gasteiger partial charge in [-0.05, 0) is 37.7 Å². The summed E-state index contributed by atoms with van der Waals surface area (Å²) < 4.78 is 38.6. The third-order valence-corrected chi connectivity index (χ3v) is 5.50. The third kappa shape index (κ3) is 4.27. The lowest BCUT2D eigenvalue weighted by molar-refractivity contribution is -0.141. The van der Waals surface area contributed by atoms with Gasteiger partial charge in [0.15, 0.2) is 0 Å². The van der Waals surface area contributed by atoms with Crippen LogP contribution >= 0.6 is 0 Å². The quantitative estimate of drug-likeness (QED) is 0.800. The van der Waals surface area contributed by atoms with Gasteiger partial charge in [0.2, 0.25) is 11.9 Å². The zero-order valence-corrected chi connectivity index (χ0v) is 15.0. The molecule has 2 saturated heterocycles. The molecule has 2 fully saturated rings. The predicted molar refractivity (Wildman–Crippen MR) is 91.6 cm³/mol. The summed E-state index contributed by atoms with van der Waals surface area (Å²) >= 11 is 0. The number of likely N-dealkylation sites (tertiary alicyclic amines) is 1. The van der Waals surface area contributed by atoms with E-state index >= 15 is 0 Å². The van der Waals surface area contributed by atoms with Gasteiger partial charge >= 0.3 is 6.18 Å². The van der Waals surface area contributed by atoms with Crippen molar-refractivity contribution in [3.05, 3.63) is 18.0 Å². The van der Waals surface area contributed by atoms with Gasteiger partial charge in [0, 0.05) is 38.8 Å². The van der Waals surface area contributed by atoms with Crippen molar-refractivity contribution >= 4 is 11.9 Å². The number of piperidine rings is 1. The molecule has 26 heavy (non-hydrogen) atoms. The van der Waals surface area contributed by atoms with E-state index in [9.17, 15) is 18.0 Å². The summed E-state index contributed by atoms with van der Waals surface area (Å²) in [5.74, 6) is 0.655. The van der Waals surface area contributed by atoms with Crippen LogP contribution in [0.15, 0.2) is 12.3 Å². The van der Waals surface area contributed by atoms with Gasteiger partial charge in [-0.15, -0.1) is 0 Å². The van der Waals surface area contributed by atoms with Gasteiger partial charge in [-0.2, -0.15) is 13.2 Å². The number of amides is 1. The molecule has 3 rings (SSSR count). The maximum atomic E-state index is 12.9. The molecular formula is C18H25F3N4O. The summed E-state index contributed by atoms with van der Waals surface area (Å²) in [6, 6.07) is 1.14. The zero-order chi connectivity index (χ0) is 18.7. The van der Waals surface area contributed by atoms with Crippen molar-refractivity contribution in [1.82, 2.24) is 14.9 Å². The van der Waals surface area contributed by atoms with Crippen LogP contribution < -0.4 is 4.90 Å². The number of hydrogen-bond acceptors (Lipinski definition) is 4. The first kappa shape index (κ1) is 18.9. The van der Waals surface area contributed by atoms with Gasteiger partial charge in [0.1, 0.15) is 5.69 Å². The number of alkyl halides is 3. The molecule has 1 amide bonds. The molecule has 1 unspecified atom stereocenters. The summed E-state index contributed by atoms with van der Waals surface area (Å²) in [5, 5.41) is 0. The molecule has 144 valence electrons. The third-order valence-electron chi connectivity index (χ3n) is 5.50. The van der Waals surface area contributed by atoms with Gasteiger partial charge in [0.25, 0.3) is 0 Å². The van der Waals surface area contributed by atoms with Gasteiger partial charge in [-0.1, -0.05) is 12.8 Å². The highest BCUT2D eigenvalue weighted by atomic mass is 19.4. The Morgan fingerprint density at radius 3 is 2.50 bits per heavy atom. The Kier molecular flexibility index (Phi) is 5.67. The topological polar surface area (TPSA) is 49.3 Å². The fraction of sp³-hybridized carbons (Fsp3) is 0.722. The van der Waals surface area contributed by atoms with E-state index in [2.05, 4.69) is 9.97 Å². The van der Waals surface area contributed by atoms with Crippen molar-refractivity contribution in [3.63, 3.8) is 0 Å². The fourth-order valence-electron chi connectivity index (χ4n) is 4.16. The van der Waals surface area contributed by atoms with Crippen molar-refractivity contribution < 1.29 is 18.0 Å². The minimum absolute atomic E-state index is 0.126. The van der Waals surface area contributed by atoms with Gasteiger partial charge in [-0.3, -0.25) is 4.79 Å². The molecule has 0 saturated carbocycles.